The van der Waals surface area contributed by atoms with Crippen LogP contribution in [0.15, 0.2) is 10.8 Å². The zero-order valence-corrected chi connectivity index (χ0v) is 8.12. The first-order valence-corrected chi connectivity index (χ1v) is 4.69. The van der Waals surface area contributed by atoms with E-state index in [0.717, 1.165) is 26.2 Å². The van der Waals surface area contributed by atoms with E-state index in [9.17, 15) is 4.79 Å². The van der Waals surface area contributed by atoms with Crippen LogP contribution >= 0.6 is 0 Å². The number of aromatic nitrogens is 1. The van der Waals surface area contributed by atoms with E-state index in [-0.39, 0.29) is 5.91 Å². The van der Waals surface area contributed by atoms with E-state index in [2.05, 4.69) is 10.3 Å². The summed E-state index contributed by atoms with van der Waals surface area (Å²) in [7, 11) is 0. The minimum atomic E-state index is -0.0542. The predicted octanol–water partition coefficient (Wildman–Crippen LogP) is 0.0284. The second-order valence-electron chi connectivity index (χ2n) is 3.31. The van der Waals surface area contributed by atoms with Crippen LogP contribution < -0.4 is 5.32 Å². The molecule has 0 atom stereocenters. The molecule has 1 amide bonds. The van der Waals surface area contributed by atoms with Crippen LogP contribution in [0.2, 0.25) is 0 Å². The summed E-state index contributed by atoms with van der Waals surface area (Å²) >= 11 is 0. The van der Waals surface area contributed by atoms with Crippen LogP contribution in [0.4, 0.5) is 0 Å². The quantitative estimate of drug-likeness (QED) is 0.686. The van der Waals surface area contributed by atoms with Crippen molar-refractivity contribution in [2.24, 2.45) is 0 Å². The first-order valence-electron chi connectivity index (χ1n) is 4.69. The van der Waals surface area contributed by atoms with Crippen molar-refractivity contribution in [3.63, 3.8) is 0 Å². The lowest BCUT2D eigenvalue weighted by molar-refractivity contribution is 0.0702. The van der Waals surface area contributed by atoms with Crippen molar-refractivity contribution < 1.29 is 9.21 Å². The van der Waals surface area contributed by atoms with Gasteiger partial charge in [-0.05, 0) is 6.92 Å². The Labute approximate surface area is 82.1 Å². The lowest BCUT2D eigenvalue weighted by Gasteiger charge is -2.26. The fraction of sp³-hybridized carbons (Fsp3) is 0.556. The van der Waals surface area contributed by atoms with Crippen LogP contribution in [0.25, 0.3) is 0 Å². The highest BCUT2D eigenvalue weighted by molar-refractivity contribution is 5.92. The summed E-state index contributed by atoms with van der Waals surface area (Å²) in [5.41, 5.74) is 0.661. The molecule has 2 heterocycles. The van der Waals surface area contributed by atoms with Crippen molar-refractivity contribution in [3.05, 3.63) is 17.8 Å². The molecule has 5 heteroatoms. The van der Waals surface area contributed by atoms with Crippen molar-refractivity contribution in [1.82, 2.24) is 15.2 Å². The van der Waals surface area contributed by atoms with Crippen LogP contribution in [-0.4, -0.2) is 42.0 Å². The summed E-state index contributed by atoms with van der Waals surface area (Å²) in [6, 6.07) is 0. The normalized spacial score (nSPS) is 17.1. The Kier molecular flexibility index (Phi) is 2.49. The van der Waals surface area contributed by atoms with Crippen molar-refractivity contribution in [3.8, 4) is 0 Å². The standard InChI is InChI=1S/C9H13N3O2/c1-7-8(14-6-11-7)9(13)12-4-2-10-3-5-12/h6,10H,2-5H2,1H3. The van der Waals surface area contributed by atoms with Gasteiger partial charge in [-0.3, -0.25) is 4.79 Å². The zero-order chi connectivity index (χ0) is 9.97. The minimum Gasteiger partial charge on any atom is -0.438 e. The van der Waals surface area contributed by atoms with Gasteiger partial charge < -0.3 is 14.6 Å². The van der Waals surface area contributed by atoms with Gasteiger partial charge in [0.15, 0.2) is 6.39 Å². The van der Waals surface area contributed by atoms with E-state index in [4.69, 9.17) is 4.42 Å². The molecule has 14 heavy (non-hydrogen) atoms. The maximum absolute atomic E-state index is 11.8. The first kappa shape index (κ1) is 9.21. The molecule has 1 fully saturated rings. The van der Waals surface area contributed by atoms with Gasteiger partial charge in [-0.15, -0.1) is 0 Å². The number of amides is 1. The molecule has 1 saturated heterocycles. The largest absolute Gasteiger partial charge is 0.438 e. The first-order chi connectivity index (χ1) is 6.79. The highest BCUT2D eigenvalue weighted by Crippen LogP contribution is 2.09. The molecule has 0 aromatic carbocycles. The van der Waals surface area contributed by atoms with Crippen LogP contribution in [-0.2, 0) is 0 Å². The lowest BCUT2D eigenvalue weighted by Crippen LogP contribution is -2.46. The molecule has 0 saturated carbocycles. The van der Waals surface area contributed by atoms with Gasteiger partial charge in [-0.2, -0.15) is 0 Å². The molecule has 1 aliphatic rings. The van der Waals surface area contributed by atoms with Crippen molar-refractivity contribution in [1.29, 1.82) is 0 Å². The summed E-state index contributed by atoms with van der Waals surface area (Å²) in [5.74, 6) is 0.313. The molecule has 0 spiro atoms. The minimum absolute atomic E-state index is 0.0542. The monoisotopic (exact) mass is 195 g/mol. The molecule has 5 nitrogen and oxygen atoms in total. The molecule has 0 unspecified atom stereocenters. The van der Waals surface area contributed by atoms with Gasteiger partial charge in [0, 0.05) is 26.2 Å². The molecule has 0 radical (unpaired) electrons. The van der Waals surface area contributed by atoms with Gasteiger partial charge in [0.1, 0.15) is 0 Å². The Morgan fingerprint density at radius 2 is 2.29 bits per heavy atom. The number of aryl methyl sites for hydroxylation is 1. The van der Waals surface area contributed by atoms with Gasteiger partial charge >= 0.3 is 0 Å². The molecular weight excluding hydrogens is 182 g/mol. The molecular formula is C9H13N3O2. The molecule has 1 aliphatic heterocycles. The third-order valence-electron chi connectivity index (χ3n) is 2.34. The SMILES string of the molecule is Cc1ncoc1C(=O)N1CCNCC1. The number of carbonyl (C=O) groups is 1. The van der Waals surface area contributed by atoms with Crippen LogP contribution in [0.3, 0.4) is 0 Å². The summed E-state index contributed by atoms with van der Waals surface area (Å²) < 4.78 is 5.06. The second-order valence-corrected chi connectivity index (χ2v) is 3.31. The van der Waals surface area contributed by atoms with Gasteiger partial charge in [0.2, 0.25) is 5.76 Å². The molecule has 2 rings (SSSR count). The van der Waals surface area contributed by atoms with Crippen LogP contribution in [0.5, 0.6) is 0 Å². The van der Waals surface area contributed by atoms with Crippen molar-refractivity contribution >= 4 is 5.91 Å². The van der Waals surface area contributed by atoms with E-state index in [1.165, 1.54) is 6.39 Å². The number of piperazine rings is 1. The average Bonchev–Trinajstić information content (AvgIpc) is 2.65. The zero-order valence-electron chi connectivity index (χ0n) is 8.12. The van der Waals surface area contributed by atoms with Crippen LogP contribution in [0, 0.1) is 6.92 Å². The molecule has 1 N–H and O–H groups in total. The Morgan fingerprint density at radius 3 is 2.86 bits per heavy atom. The number of hydrogen-bond acceptors (Lipinski definition) is 4. The summed E-state index contributed by atoms with van der Waals surface area (Å²) in [6.07, 6.45) is 1.31. The fourth-order valence-corrected chi connectivity index (χ4v) is 1.52. The number of oxazole rings is 1. The Balaban J connectivity index is 2.11. The second kappa shape index (κ2) is 3.79. The van der Waals surface area contributed by atoms with Gasteiger partial charge in [0.05, 0.1) is 5.69 Å². The molecule has 1 aromatic rings. The molecule has 0 bridgehead atoms. The van der Waals surface area contributed by atoms with E-state index >= 15 is 0 Å². The number of nitrogens with one attached hydrogen (secondary N) is 1. The van der Waals surface area contributed by atoms with E-state index in [0.29, 0.717) is 11.5 Å². The third kappa shape index (κ3) is 1.63. The smallest absolute Gasteiger partial charge is 0.291 e. The number of nitrogens with zero attached hydrogens (tertiary/aromatic N) is 2. The van der Waals surface area contributed by atoms with Gasteiger partial charge in [-0.25, -0.2) is 4.98 Å². The molecule has 0 aliphatic carbocycles. The summed E-state index contributed by atoms with van der Waals surface area (Å²) in [6.45, 7) is 4.94. The number of rotatable bonds is 1. The summed E-state index contributed by atoms with van der Waals surface area (Å²) in [4.78, 5) is 17.5. The lowest BCUT2D eigenvalue weighted by atomic mass is 10.3. The highest BCUT2D eigenvalue weighted by Gasteiger charge is 2.22. The van der Waals surface area contributed by atoms with Gasteiger partial charge in [0.25, 0.3) is 5.91 Å². The van der Waals surface area contributed by atoms with Gasteiger partial charge in [-0.1, -0.05) is 0 Å². The third-order valence-corrected chi connectivity index (χ3v) is 2.34. The number of carbonyl (C=O) groups excluding carboxylic acids is 1. The average molecular weight is 195 g/mol. The van der Waals surface area contributed by atoms with E-state index < -0.39 is 0 Å². The summed E-state index contributed by atoms with van der Waals surface area (Å²) in [5, 5.41) is 3.19. The molecule has 76 valence electrons. The van der Waals surface area contributed by atoms with E-state index in [1.807, 2.05) is 0 Å². The Bertz CT molecular complexity index is 329. The van der Waals surface area contributed by atoms with E-state index in [1.54, 1.807) is 11.8 Å². The van der Waals surface area contributed by atoms with Crippen molar-refractivity contribution in [2.75, 3.05) is 26.2 Å². The maximum Gasteiger partial charge on any atom is 0.291 e. The maximum atomic E-state index is 11.8. The Hall–Kier alpha value is -1.36. The Morgan fingerprint density at radius 1 is 1.57 bits per heavy atom. The topological polar surface area (TPSA) is 58.4 Å². The molecule has 1 aromatic heterocycles. The number of hydrogen-bond donors (Lipinski definition) is 1. The fourth-order valence-electron chi connectivity index (χ4n) is 1.52. The highest BCUT2D eigenvalue weighted by atomic mass is 16.3. The van der Waals surface area contributed by atoms with Crippen LogP contribution in [0.1, 0.15) is 16.2 Å². The van der Waals surface area contributed by atoms with Crippen molar-refractivity contribution in [2.45, 2.75) is 6.92 Å². The predicted molar refractivity (Wildman–Crippen MR) is 50.0 cm³/mol.